The van der Waals surface area contributed by atoms with Gasteiger partial charge in [-0.2, -0.15) is 0 Å². The summed E-state index contributed by atoms with van der Waals surface area (Å²) in [5.41, 5.74) is 8.79. The molecule has 51 heavy (non-hydrogen) atoms. The zero-order valence-corrected chi connectivity index (χ0v) is 28.2. The molecule has 0 aliphatic carbocycles. The van der Waals surface area contributed by atoms with Crippen molar-refractivity contribution in [2.24, 2.45) is 0 Å². The Hall–Kier alpha value is -6.64. The van der Waals surface area contributed by atoms with Crippen molar-refractivity contribution in [2.45, 2.75) is 6.92 Å². The Labute approximate surface area is 296 Å². The van der Waals surface area contributed by atoms with Crippen molar-refractivity contribution in [3.05, 3.63) is 188 Å². The molecule has 0 saturated heterocycles. The van der Waals surface area contributed by atoms with E-state index >= 15 is 0 Å². The predicted molar refractivity (Wildman–Crippen MR) is 217 cm³/mol. The van der Waals surface area contributed by atoms with Gasteiger partial charge in [0.05, 0.1) is 0 Å². The zero-order valence-electron chi connectivity index (χ0n) is 28.2. The fraction of sp³-hybridized carbons (Fsp3) is 0.0204. The first-order valence-electron chi connectivity index (χ1n) is 17.5. The lowest BCUT2D eigenvalue weighted by Gasteiger charge is -2.26. The normalized spacial score (nSPS) is 11.6. The minimum atomic E-state index is 0.904. The van der Waals surface area contributed by atoms with Crippen LogP contribution in [0.5, 0.6) is 0 Å². The summed E-state index contributed by atoms with van der Waals surface area (Å²) in [4.78, 5) is 2.36. The largest absolute Gasteiger partial charge is 0.456 e. The van der Waals surface area contributed by atoms with Gasteiger partial charge in [0.2, 0.25) is 0 Å². The highest BCUT2D eigenvalue weighted by atomic mass is 16.3. The molecule has 9 aromatic carbocycles. The summed E-state index contributed by atoms with van der Waals surface area (Å²) < 4.78 is 6.44. The minimum Gasteiger partial charge on any atom is -0.456 e. The number of benzene rings is 9. The van der Waals surface area contributed by atoms with Crippen LogP contribution in [0.3, 0.4) is 0 Å². The predicted octanol–water partition coefficient (Wildman–Crippen LogP) is 14.2. The maximum Gasteiger partial charge on any atom is 0.138 e. The van der Waals surface area contributed by atoms with E-state index in [-0.39, 0.29) is 0 Å². The molecule has 0 amide bonds. The van der Waals surface area contributed by atoms with Crippen LogP contribution >= 0.6 is 0 Å². The van der Waals surface area contributed by atoms with Gasteiger partial charge in [0.1, 0.15) is 11.3 Å². The van der Waals surface area contributed by atoms with Crippen LogP contribution in [0, 0.1) is 6.92 Å². The Morgan fingerprint density at radius 3 is 1.76 bits per heavy atom. The molecule has 0 atom stereocenters. The summed E-state index contributed by atoms with van der Waals surface area (Å²) >= 11 is 0. The molecule has 1 aromatic heterocycles. The van der Waals surface area contributed by atoms with Gasteiger partial charge in [-0.1, -0.05) is 133 Å². The molecule has 0 fully saturated rings. The second-order valence-electron chi connectivity index (χ2n) is 13.4. The lowest BCUT2D eigenvalue weighted by atomic mass is 9.93. The van der Waals surface area contributed by atoms with Gasteiger partial charge in [-0.05, 0) is 110 Å². The number of furan rings is 1. The summed E-state index contributed by atoms with van der Waals surface area (Å²) in [5, 5.41) is 11.2. The van der Waals surface area contributed by atoms with Crippen LogP contribution in [0.25, 0.3) is 76.5 Å². The van der Waals surface area contributed by atoms with E-state index in [2.05, 4.69) is 182 Å². The van der Waals surface area contributed by atoms with E-state index in [1.54, 1.807) is 0 Å². The Morgan fingerprint density at radius 1 is 0.373 bits per heavy atom. The number of fused-ring (bicyclic) bond motifs is 7. The molecular formula is C49H33NO. The maximum atomic E-state index is 6.44. The first-order valence-corrected chi connectivity index (χ1v) is 17.5. The molecule has 0 aliphatic rings. The van der Waals surface area contributed by atoms with Crippen LogP contribution in [0.4, 0.5) is 17.1 Å². The quantitative estimate of drug-likeness (QED) is 0.172. The van der Waals surface area contributed by atoms with E-state index in [1.165, 1.54) is 54.2 Å². The van der Waals surface area contributed by atoms with E-state index in [4.69, 9.17) is 4.42 Å². The van der Waals surface area contributed by atoms with Gasteiger partial charge in [-0.3, -0.25) is 0 Å². The summed E-state index contributed by atoms with van der Waals surface area (Å²) in [6.45, 7) is 2.15. The highest BCUT2D eigenvalue weighted by Gasteiger charge is 2.18. The van der Waals surface area contributed by atoms with Crippen LogP contribution in [0.15, 0.2) is 186 Å². The minimum absolute atomic E-state index is 0.904. The van der Waals surface area contributed by atoms with Gasteiger partial charge < -0.3 is 9.32 Å². The number of hydrogen-bond donors (Lipinski definition) is 0. The van der Waals surface area contributed by atoms with E-state index in [1.807, 2.05) is 12.1 Å². The van der Waals surface area contributed by atoms with Gasteiger partial charge in [0.25, 0.3) is 0 Å². The van der Waals surface area contributed by atoms with E-state index in [0.29, 0.717) is 0 Å². The molecule has 0 radical (unpaired) electrons. The summed E-state index contributed by atoms with van der Waals surface area (Å²) in [7, 11) is 0. The van der Waals surface area contributed by atoms with Gasteiger partial charge in [-0.15, -0.1) is 0 Å². The summed E-state index contributed by atoms with van der Waals surface area (Å²) in [6.07, 6.45) is 0. The van der Waals surface area contributed by atoms with Crippen molar-refractivity contribution in [1.29, 1.82) is 0 Å². The molecule has 0 bridgehead atoms. The van der Waals surface area contributed by atoms with Crippen molar-refractivity contribution in [3.63, 3.8) is 0 Å². The molecule has 0 spiro atoms. The Bertz CT molecular complexity index is 2930. The molecule has 0 aliphatic heterocycles. The topological polar surface area (TPSA) is 16.4 Å². The standard InChI is InChI=1S/C49H33NO/c1-32-41-15-8-9-20-48(41)51-49(32)37-13-10-14-39(30-37)50(40-27-28-44-36(29-40)22-21-33-11-2-4-16-42(33)44)38-25-23-34(24-26-38)47-31-35-12-3-5-17-43(35)45-18-6-7-19-46(45)47/h2-31H,1H3. The highest BCUT2D eigenvalue weighted by molar-refractivity contribution is 6.14. The van der Waals surface area contributed by atoms with Gasteiger partial charge in [0.15, 0.2) is 0 Å². The number of para-hydroxylation sites is 1. The lowest BCUT2D eigenvalue weighted by Crippen LogP contribution is -2.10. The van der Waals surface area contributed by atoms with Crippen LogP contribution in [-0.4, -0.2) is 0 Å². The van der Waals surface area contributed by atoms with Crippen molar-refractivity contribution in [1.82, 2.24) is 0 Å². The molecule has 240 valence electrons. The third-order valence-electron chi connectivity index (χ3n) is 10.4. The Morgan fingerprint density at radius 2 is 0.961 bits per heavy atom. The summed E-state index contributed by atoms with van der Waals surface area (Å²) in [5.74, 6) is 0.904. The number of rotatable bonds is 5. The molecule has 0 saturated carbocycles. The SMILES string of the molecule is Cc1c(-c2cccc(N(c3ccc(-c4cc5ccccc5c5ccccc45)cc3)c3ccc4c(ccc5ccccc54)c3)c2)oc2ccccc12. The van der Waals surface area contributed by atoms with Crippen LogP contribution < -0.4 is 4.90 Å². The van der Waals surface area contributed by atoms with Crippen molar-refractivity contribution < 1.29 is 4.42 Å². The van der Waals surface area contributed by atoms with Crippen LogP contribution in [0.2, 0.25) is 0 Å². The fourth-order valence-corrected chi connectivity index (χ4v) is 7.91. The lowest BCUT2D eigenvalue weighted by molar-refractivity contribution is 0.629. The van der Waals surface area contributed by atoms with Gasteiger partial charge in [0, 0.05) is 33.6 Å². The highest BCUT2D eigenvalue weighted by Crippen LogP contribution is 2.42. The molecule has 0 unspecified atom stereocenters. The number of hydrogen-bond acceptors (Lipinski definition) is 2. The first-order chi connectivity index (χ1) is 25.2. The molecule has 2 nitrogen and oxygen atoms in total. The summed E-state index contributed by atoms with van der Waals surface area (Å²) in [6, 6.07) is 65.7. The smallest absolute Gasteiger partial charge is 0.138 e. The average Bonchev–Trinajstić information content (AvgIpc) is 3.54. The third-order valence-corrected chi connectivity index (χ3v) is 10.4. The Balaban J connectivity index is 1.14. The van der Waals surface area contributed by atoms with E-state index < -0.39 is 0 Å². The van der Waals surface area contributed by atoms with Crippen molar-refractivity contribution >= 4 is 71.1 Å². The molecule has 10 aromatic rings. The fourth-order valence-electron chi connectivity index (χ4n) is 7.91. The molecule has 2 heteroatoms. The second-order valence-corrected chi connectivity index (χ2v) is 13.4. The van der Waals surface area contributed by atoms with Crippen LogP contribution in [-0.2, 0) is 0 Å². The first kappa shape index (κ1) is 29.3. The third kappa shape index (κ3) is 4.87. The maximum absolute atomic E-state index is 6.44. The Kier molecular flexibility index (Phi) is 6.75. The van der Waals surface area contributed by atoms with E-state index in [0.717, 1.165) is 44.9 Å². The average molecular weight is 652 g/mol. The number of aryl methyl sites for hydroxylation is 1. The monoisotopic (exact) mass is 651 g/mol. The molecular weight excluding hydrogens is 619 g/mol. The number of anilines is 3. The van der Waals surface area contributed by atoms with Crippen molar-refractivity contribution in [2.75, 3.05) is 4.90 Å². The molecule has 1 heterocycles. The van der Waals surface area contributed by atoms with Gasteiger partial charge >= 0.3 is 0 Å². The molecule has 0 N–H and O–H groups in total. The van der Waals surface area contributed by atoms with Crippen molar-refractivity contribution in [3.8, 4) is 22.5 Å². The van der Waals surface area contributed by atoms with Crippen LogP contribution in [0.1, 0.15) is 5.56 Å². The zero-order chi connectivity index (χ0) is 33.9. The van der Waals surface area contributed by atoms with Gasteiger partial charge in [-0.25, -0.2) is 0 Å². The second kappa shape index (κ2) is 11.8. The molecule has 10 rings (SSSR count). The number of nitrogens with zero attached hydrogens (tertiary/aromatic N) is 1. The van der Waals surface area contributed by atoms with E-state index in [9.17, 15) is 0 Å².